The van der Waals surface area contributed by atoms with Crippen molar-refractivity contribution in [3.8, 4) is 0 Å². The number of hydrogen-bond acceptors (Lipinski definition) is 3. The lowest BCUT2D eigenvalue weighted by Crippen LogP contribution is -2.43. The molecule has 1 aliphatic rings. The predicted octanol–water partition coefficient (Wildman–Crippen LogP) is 3.80. The summed E-state index contributed by atoms with van der Waals surface area (Å²) in [5, 5.41) is 17.3. The molecule has 0 unspecified atom stereocenters. The van der Waals surface area contributed by atoms with Crippen LogP contribution in [0.2, 0.25) is 5.02 Å². The van der Waals surface area contributed by atoms with E-state index in [4.69, 9.17) is 11.6 Å². The van der Waals surface area contributed by atoms with E-state index >= 15 is 0 Å². The second-order valence-corrected chi connectivity index (χ2v) is 5.94. The number of aliphatic hydroxyl groups is 1. The number of nitrogens with zero attached hydrogens (tertiary/aromatic N) is 2. The van der Waals surface area contributed by atoms with Gasteiger partial charge in [0.15, 0.2) is 5.72 Å². The Labute approximate surface area is 140 Å². The summed E-state index contributed by atoms with van der Waals surface area (Å²) in [6.45, 7) is 1.96. The van der Waals surface area contributed by atoms with Gasteiger partial charge >= 0.3 is 0 Å². The second kappa shape index (κ2) is 6.14. The monoisotopic (exact) mass is 328 g/mol. The molecule has 23 heavy (non-hydrogen) atoms. The number of carbonyl (C=O) groups is 1. The first kappa shape index (κ1) is 15.7. The zero-order chi connectivity index (χ0) is 16.4. The van der Waals surface area contributed by atoms with E-state index in [1.807, 2.05) is 25.1 Å². The number of benzene rings is 2. The molecule has 0 aliphatic carbocycles. The lowest BCUT2D eigenvalue weighted by molar-refractivity contribution is -0.0765. The number of halogens is 1. The Kier molecular flexibility index (Phi) is 4.20. The molecule has 0 radical (unpaired) electrons. The van der Waals surface area contributed by atoms with Crippen molar-refractivity contribution in [2.75, 3.05) is 0 Å². The highest BCUT2D eigenvalue weighted by Crippen LogP contribution is 2.37. The lowest BCUT2D eigenvalue weighted by atomic mass is 9.96. The van der Waals surface area contributed by atoms with Crippen molar-refractivity contribution >= 4 is 23.2 Å². The molecule has 0 fully saturated rings. The molecule has 2 aromatic rings. The Morgan fingerprint density at radius 2 is 1.87 bits per heavy atom. The van der Waals surface area contributed by atoms with E-state index in [-0.39, 0.29) is 5.91 Å². The molecule has 0 saturated carbocycles. The molecular weight excluding hydrogens is 312 g/mol. The van der Waals surface area contributed by atoms with Crippen LogP contribution in [-0.4, -0.2) is 21.7 Å². The fourth-order valence-corrected chi connectivity index (χ4v) is 2.80. The first-order valence-corrected chi connectivity index (χ1v) is 7.87. The van der Waals surface area contributed by atoms with E-state index in [0.29, 0.717) is 29.0 Å². The zero-order valence-electron chi connectivity index (χ0n) is 12.7. The zero-order valence-corrected chi connectivity index (χ0v) is 13.5. The van der Waals surface area contributed by atoms with Gasteiger partial charge in [0.05, 0.1) is 0 Å². The van der Waals surface area contributed by atoms with Gasteiger partial charge in [0.2, 0.25) is 0 Å². The Morgan fingerprint density at radius 3 is 2.48 bits per heavy atom. The van der Waals surface area contributed by atoms with Gasteiger partial charge < -0.3 is 5.11 Å². The van der Waals surface area contributed by atoms with Gasteiger partial charge in [-0.3, -0.25) is 4.79 Å². The standard InChI is InChI=1S/C18H17ClN2O2/c1-2-16-12-18(23,14-6-4-3-5-7-14)21(20-16)17(22)13-8-10-15(19)11-9-13/h3-11,23H,2,12H2,1H3/t18-/m1/s1. The number of hydrogen-bond donors (Lipinski definition) is 1. The first-order chi connectivity index (χ1) is 11.0. The Balaban J connectivity index is 2.01. The highest BCUT2D eigenvalue weighted by molar-refractivity contribution is 6.30. The van der Waals surface area contributed by atoms with Gasteiger partial charge in [0.25, 0.3) is 5.91 Å². The minimum Gasteiger partial charge on any atom is -0.365 e. The summed E-state index contributed by atoms with van der Waals surface area (Å²) in [7, 11) is 0. The van der Waals surface area contributed by atoms with E-state index in [9.17, 15) is 9.90 Å². The van der Waals surface area contributed by atoms with Gasteiger partial charge in [-0.2, -0.15) is 10.1 Å². The van der Waals surface area contributed by atoms with Crippen LogP contribution in [0.4, 0.5) is 0 Å². The van der Waals surface area contributed by atoms with Crippen molar-refractivity contribution < 1.29 is 9.90 Å². The van der Waals surface area contributed by atoms with Crippen LogP contribution in [0, 0.1) is 0 Å². The molecule has 1 heterocycles. The molecular formula is C18H17ClN2O2. The lowest BCUT2D eigenvalue weighted by Gasteiger charge is -2.31. The van der Waals surface area contributed by atoms with Crippen LogP contribution in [0.5, 0.6) is 0 Å². The van der Waals surface area contributed by atoms with Crippen LogP contribution < -0.4 is 0 Å². The molecule has 118 valence electrons. The molecule has 5 heteroatoms. The molecule has 1 amide bonds. The Morgan fingerprint density at radius 1 is 1.22 bits per heavy atom. The van der Waals surface area contributed by atoms with Gasteiger partial charge in [-0.15, -0.1) is 0 Å². The number of rotatable bonds is 3. The maximum Gasteiger partial charge on any atom is 0.276 e. The van der Waals surface area contributed by atoms with Crippen molar-refractivity contribution in [1.29, 1.82) is 0 Å². The van der Waals surface area contributed by atoms with Crippen molar-refractivity contribution in [2.24, 2.45) is 5.10 Å². The number of carbonyl (C=O) groups excluding carboxylic acids is 1. The molecule has 4 nitrogen and oxygen atoms in total. The largest absolute Gasteiger partial charge is 0.365 e. The SMILES string of the molecule is CCC1=NN(C(=O)c2ccc(Cl)cc2)[C@](O)(c2ccccc2)C1. The van der Waals surface area contributed by atoms with Gasteiger partial charge in [-0.1, -0.05) is 48.9 Å². The maximum atomic E-state index is 12.8. The van der Waals surface area contributed by atoms with Crippen LogP contribution in [0.25, 0.3) is 0 Å². The quantitative estimate of drug-likeness (QED) is 0.931. The smallest absolute Gasteiger partial charge is 0.276 e. The van der Waals surface area contributed by atoms with E-state index in [1.54, 1.807) is 36.4 Å². The van der Waals surface area contributed by atoms with Gasteiger partial charge in [-0.25, -0.2) is 0 Å². The molecule has 0 aromatic heterocycles. The second-order valence-electron chi connectivity index (χ2n) is 5.50. The van der Waals surface area contributed by atoms with E-state index in [2.05, 4.69) is 5.10 Å². The molecule has 0 saturated heterocycles. The summed E-state index contributed by atoms with van der Waals surface area (Å²) in [5.74, 6) is -0.350. The fraction of sp³-hybridized carbons (Fsp3) is 0.222. The average Bonchev–Trinajstić information content (AvgIpc) is 2.94. The fourth-order valence-electron chi connectivity index (χ4n) is 2.67. The minimum atomic E-state index is -1.46. The Hall–Kier alpha value is -2.17. The first-order valence-electron chi connectivity index (χ1n) is 7.49. The molecule has 1 aliphatic heterocycles. The van der Waals surface area contributed by atoms with Crippen molar-refractivity contribution in [3.05, 3.63) is 70.7 Å². The van der Waals surface area contributed by atoms with Crippen molar-refractivity contribution in [2.45, 2.75) is 25.5 Å². The minimum absolute atomic E-state index is 0.312. The average molecular weight is 329 g/mol. The third kappa shape index (κ3) is 2.87. The predicted molar refractivity (Wildman–Crippen MR) is 90.3 cm³/mol. The molecule has 0 spiro atoms. The van der Waals surface area contributed by atoms with Crippen molar-refractivity contribution in [3.63, 3.8) is 0 Å². The molecule has 1 N–H and O–H groups in total. The van der Waals surface area contributed by atoms with Gasteiger partial charge in [0.1, 0.15) is 0 Å². The van der Waals surface area contributed by atoms with E-state index in [1.165, 1.54) is 5.01 Å². The molecule has 1 atom stereocenters. The summed E-state index contributed by atoms with van der Waals surface area (Å²) >= 11 is 5.87. The third-order valence-electron chi connectivity index (χ3n) is 3.97. The summed E-state index contributed by atoms with van der Waals surface area (Å²) < 4.78 is 0. The summed E-state index contributed by atoms with van der Waals surface area (Å²) in [4.78, 5) is 12.8. The van der Waals surface area contributed by atoms with Gasteiger partial charge in [0, 0.05) is 28.3 Å². The van der Waals surface area contributed by atoms with Crippen molar-refractivity contribution in [1.82, 2.24) is 5.01 Å². The number of hydrazone groups is 1. The highest BCUT2D eigenvalue weighted by atomic mass is 35.5. The summed E-state index contributed by atoms with van der Waals surface area (Å²) in [5.41, 5.74) is 0.418. The maximum absolute atomic E-state index is 12.8. The normalized spacial score (nSPS) is 20.5. The molecule has 0 bridgehead atoms. The third-order valence-corrected chi connectivity index (χ3v) is 4.22. The number of amides is 1. The Bertz CT molecular complexity index is 743. The summed E-state index contributed by atoms with van der Waals surface area (Å²) in [6, 6.07) is 15.7. The van der Waals surface area contributed by atoms with Crippen LogP contribution in [0.15, 0.2) is 59.7 Å². The topological polar surface area (TPSA) is 52.9 Å². The van der Waals surface area contributed by atoms with Gasteiger partial charge in [-0.05, 0) is 30.7 Å². The molecule has 2 aromatic carbocycles. The van der Waals surface area contributed by atoms with Crippen LogP contribution in [0.1, 0.15) is 35.7 Å². The van der Waals surface area contributed by atoms with Crippen LogP contribution >= 0.6 is 11.6 Å². The van der Waals surface area contributed by atoms with E-state index < -0.39 is 5.72 Å². The van der Waals surface area contributed by atoms with E-state index in [0.717, 1.165) is 5.71 Å². The van der Waals surface area contributed by atoms with Crippen LogP contribution in [0.3, 0.4) is 0 Å². The summed E-state index contributed by atoms with van der Waals surface area (Å²) in [6.07, 6.45) is 0.992. The highest BCUT2D eigenvalue weighted by Gasteiger charge is 2.45. The van der Waals surface area contributed by atoms with Crippen LogP contribution in [-0.2, 0) is 5.72 Å². The molecule has 3 rings (SSSR count).